The maximum absolute atomic E-state index is 12.4. The maximum Gasteiger partial charge on any atom is 0.206 e. The number of carbonyl (C=O) groups is 1. The van der Waals surface area contributed by atoms with Crippen LogP contribution in [0.5, 0.6) is 0 Å². The highest BCUT2D eigenvalue weighted by Crippen LogP contribution is 2.27. The quantitative estimate of drug-likeness (QED) is 0.249. The lowest BCUT2D eigenvalue weighted by Gasteiger charge is -2.06. The van der Waals surface area contributed by atoms with Crippen LogP contribution in [0, 0.1) is 5.41 Å². The average Bonchev–Trinajstić information content (AvgIpc) is 2.70. The van der Waals surface area contributed by atoms with E-state index in [2.05, 4.69) is 12.1 Å². The Bertz CT molecular complexity index is 909. The van der Waals surface area contributed by atoms with Gasteiger partial charge in [-0.3, -0.25) is 4.79 Å². The number of carbonyl (C=O) groups excluding carboxylic acids is 1. The third-order valence-electron chi connectivity index (χ3n) is 3.80. The Kier molecular flexibility index (Phi) is 7.16. The van der Waals surface area contributed by atoms with E-state index in [1.54, 1.807) is 35.7 Å². The van der Waals surface area contributed by atoms with Gasteiger partial charge in [-0.05, 0) is 60.7 Å². The lowest BCUT2D eigenvalue weighted by atomic mass is 10.1. The molecule has 0 aromatic heterocycles. The Morgan fingerprint density at radius 2 is 1.41 bits per heavy atom. The number of nitrogens with one attached hydrogen (secondary N) is 1. The van der Waals surface area contributed by atoms with Crippen molar-refractivity contribution in [2.24, 2.45) is 0 Å². The smallest absolute Gasteiger partial charge is 0.206 e. The Morgan fingerprint density at radius 3 is 2.07 bits per heavy atom. The first-order chi connectivity index (χ1) is 13.1. The fourth-order valence-electron chi connectivity index (χ4n) is 2.39. The van der Waals surface area contributed by atoms with Crippen LogP contribution in [0.15, 0.2) is 93.5 Å². The zero-order valence-electron chi connectivity index (χ0n) is 14.5. The first kappa shape index (κ1) is 19.7. The lowest BCUT2D eigenvalue weighted by Crippen LogP contribution is -2.13. The van der Waals surface area contributed by atoms with Crippen LogP contribution in [0.3, 0.4) is 0 Å². The Morgan fingerprint density at radius 1 is 0.815 bits per heavy atom. The van der Waals surface area contributed by atoms with E-state index < -0.39 is 0 Å². The summed E-state index contributed by atoms with van der Waals surface area (Å²) in [6, 6.07) is 25.1. The molecule has 3 aromatic rings. The summed E-state index contributed by atoms with van der Waals surface area (Å²) in [5.74, 6) is 0.483. The predicted molar refractivity (Wildman–Crippen MR) is 116 cm³/mol. The molecule has 2 nitrogen and oxygen atoms in total. The van der Waals surface area contributed by atoms with E-state index in [-0.39, 0.29) is 11.5 Å². The number of hydrogen-bond acceptors (Lipinski definition) is 4. The van der Waals surface area contributed by atoms with Crippen LogP contribution in [0.2, 0.25) is 5.02 Å². The summed E-state index contributed by atoms with van der Waals surface area (Å²) in [5.41, 5.74) is 0.703. The summed E-state index contributed by atoms with van der Waals surface area (Å²) >= 11 is 9.14. The second kappa shape index (κ2) is 9.79. The van der Waals surface area contributed by atoms with Crippen LogP contribution < -0.4 is 0 Å². The van der Waals surface area contributed by atoms with Crippen molar-refractivity contribution in [1.29, 1.82) is 5.41 Å². The lowest BCUT2D eigenvalue weighted by molar-refractivity contribution is 0.106. The Balaban J connectivity index is 1.52. The van der Waals surface area contributed by atoms with Gasteiger partial charge in [-0.25, -0.2) is 0 Å². The van der Waals surface area contributed by atoms with E-state index in [4.69, 9.17) is 17.0 Å². The molecule has 0 heterocycles. The molecule has 1 N–H and O–H groups in total. The van der Waals surface area contributed by atoms with Crippen molar-refractivity contribution < 1.29 is 4.79 Å². The van der Waals surface area contributed by atoms with E-state index in [0.29, 0.717) is 22.8 Å². The molecule has 0 bridgehead atoms. The second-order valence-corrected chi connectivity index (χ2v) is 8.55. The molecule has 0 saturated carbocycles. The first-order valence-electron chi connectivity index (χ1n) is 8.45. The molecular formula is C22H18ClNOS2. The minimum Gasteiger partial charge on any atom is -0.301 e. The zero-order chi connectivity index (χ0) is 19.1. The number of hydrogen-bond donors (Lipinski definition) is 1. The maximum atomic E-state index is 12.4. The molecule has 0 amide bonds. The number of thioether (sulfide) groups is 1. The van der Waals surface area contributed by atoms with Gasteiger partial charge >= 0.3 is 0 Å². The van der Waals surface area contributed by atoms with E-state index in [1.165, 1.54) is 0 Å². The van der Waals surface area contributed by atoms with Gasteiger partial charge < -0.3 is 5.41 Å². The van der Waals surface area contributed by atoms with Crippen molar-refractivity contribution in [1.82, 2.24) is 0 Å². The molecule has 0 aliphatic heterocycles. The summed E-state index contributed by atoms with van der Waals surface area (Å²) in [6.07, 6.45) is 0.437. The monoisotopic (exact) mass is 411 g/mol. The van der Waals surface area contributed by atoms with Gasteiger partial charge in [-0.15, -0.1) is 11.8 Å². The summed E-state index contributed by atoms with van der Waals surface area (Å²) in [7, 11) is 0. The van der Waals surface area contributed by atoms with Gasteiger partial charge in [0.1, 0.15) is 0 Å². The molecule has 3 aromatic carbocycles. The highest BCUT2D eigenvalue weighted by atomic mass is 35.5. The number of benzene rings is 3. The fourth-order valence-corrected chi connectivity index (χ4v) is 4.22. The third-order valence-corrected chi connectivity index (χ3v) is 6.09. The number of rotatable bonds is 8. The molecule has 0 aliphatic carbocycles. The molecule has 3 rings (SSSR count). The van der Waals surface area contributed by atoms with Crippen LogP contribution in [-0.4, -0.2) is 17.2 Å². The molecule has 5 heteroatoms. The van der Waals surface area contributed by atoms with Crippen LogP contribution in [0.1, 0.15) is 16.8 Å². The molecule has 0 spiro atoms. The Hall–Kier alpha value is -2.01. The van der Waals surface area contributed by atoms with Gasteiger partial charge in [0.15, 0.2) is 0 Å². The molecule has 0 aliphatic rings. The number of ketones is 1. The van der Waals surface area contributed by atoms with E-state index in [0.717, 1.165) is 14.7 Å². The molecule has 136 valence electrons. The number of halogens is 1. The van der Waals surface area contributed by atoms with Gasteiger partial charge in [-0.2, -0.15) is 0 Å². The first-order valence-corrected chi connectivity index (χ1v) is 10.6. The minimum atomic E-state index is -0.206. The zero-order valence-corrected chi connectivity index (χ0v) is 16.9. The van der Waals surface area contributed by atoms with Crippen molar-refractivity contribution in [2.75, 3.05) is 5.75 Å². The van der Waals surface area contributed by atoms with Gasteiger partial charge in [-0.1, -0.05) is 41.6 Å². The van der Waals surface area contributed by atoms with Crippen molar-refractivity contribution in [2.45, 2.75) is 21.1 Å². The average molecular weight is 412 g/mol. The highest BCUT2D eigenvalue weighted by Gasteiger charge is 2.12. The van der Waals surface area contributed by atoms with Gasteiger partial charge in [0, 0.05) is 37.4 Å². The predicted octanol–water partition coefficient (Wildman–Crippen LogP) is 6.88. The summed E-state index contributed by atoms with van der Waals surface area (Å²) < 4.78 is 0. The summed E-state index contributed by atoms with van der Waals surface area (Å²) in [4.78, 5) is 15.8. The molecule has 0 saturated heterocycles. The molecular weight excluding hydrogens is 394 g/mol. The van der Waals surface area contributed by atoms with Crippen molar-refractivity contribution in [3.63, 3.8) is 0 Å². The molecule has 0 atom stereocenters. The molecule has 0 radical (unpaired) electrons. The topological polar surface area (TPSA) is 40.9 Å². The van der Waals surface area contributed by atoms with Crippen LogP contribution in [-0.2, 0) is 0 Å². The molecule has 0 fully saturated rings. The standard InChI is InChI=1S/C22H18ClNOS2/c23-17-8-12-18(13-9-17)26-15-14-21(24)22(25)16-6-10-20(11-7-16)27-19-4-2-1-3-5-19/h1-13,24H,14-15H2. The van der Waals surface area contributed by atoms with E-state index in [1.807, 2.05) is 54.6 Å². The van der Waals surface area contributed by atoms with Crippen molar-refractivity contribution in [3.05, 3.63) is 89.4 Å². The Labute approximate surface area is 172 Å². The fraction of sp³-hybridized carbons (Fsp3) is 0.0909. The van der Waals surface area contributed by atoms with E-state index in [9.17, 15) is 4.79 Å². The van der Waals surface area contributed by atoms with Crippen molar-refractivity contribution >= 4 is 46.6 Å². The minimum absolute atomic E-state index is 0.139. The SMILES string of the molecule is N=C(CCSc1ccc(Cl)cc1)C(=O)c1ccc(Sc2ccccc2)cc1. The molecule has 0 unspecified atom stereocenters. The normalized spacial score (nSPS) is 10.6. The summed E-state index contributed by atoms with van der Waals surface area (Å²) in [6.45, 7) is 0. The highest BCUT2D eigenvalue weighted by molar-refractivity contribution is 7.99. The largest absolute Gasteiger partial charge is 0.301 e. The third kappa shape index (κ3) is 5.99. The molecule has 27 heavy (non-hydrogen) atoms. The van der Waals surface area contributed by atoms with Crippen LogP contribution >= 0.6 is 35.1 Å². The number of Topliss-reactive ketones (excluding diaryl/α,β-unsaturated/α-hetero) is 1. The van der Waals surface area contributed by atoms with Crippen molar-refractivity contribution in [3.8, 4) is 0 Å². The van der Waals surface area contributed by atoms with Crippen LogP contribution in [0.25, 0.3) is 0 Å². The van der Waals surface area contributed by atoms with Gasteiger partial charge in [0.25, 0.3) is 0 Å². The van der Waals surface area contributed by atoms with Gasteiger partial charge in [0.05, 0.1) is 5.71 Å². The van der Waals surface area contributed by atoms with Crippen LogP contribution in [0.4, 0.5) is 0 Å². The van der Waals surface area contributed by atoms with Gasteiger partial charge in [0.2, 0.25) is 5.78 Å². The second-order valence-electron chi connectivity index (χ2n) is 5.80. The summed E-state index contributed by atoms with van der Waals surface area (Å²) in [5, 5.41) is 8.78. The van der Waals surface area contributed by atoms with E-state index >= 15 is 0 Å².